The largest absolute Gasteiger partial charge is 0.497 e. The lowest BCUT2D eigenvalue weighted by Crippen LogP contribution is -2.17. The zero-order chi connectivity index (χ0) is 17.1. The van der Waals surface area contributed by atoms with Crippen molar-refractivity contribution in [3.63, 3.8) is 0 Å². The van der Waals surface area contributed by atoms with Gasteiger partial charge in [0.2, 0.25) is 0 Å². The molecule has 0 saturated heterocycles. The summed E-state index contributed by atoms with van der Waals surface area (Å²) < 4.78 is 5.18. The van der Waals surface area contributed by atoms with Gasteiger partial charge in [0, 0.05) is 29.3 Å². The molecule has 5 heteroatoms. The molecular weight excluding hydrogens is 330 g/mol. The Bertz CT molecular complexity index is 844. The average molecular weight is 351 g/mol. The minimum atomic E-state index is 0.455. The van der Waals surface area contributed by atoms with Crippen molar-refractivity contribution in [2.75, 3.05) is 12.4 Å². The van der Waals surface area contributed by atoms with Crippen molar-refractivity contribution in [3.8, 4) is 5.75 Å². The first-order valence-electron chi connectivity index (χ1n) is 8.49. The summed E-state index contributed by atoms with van der Waals surface area (Å²) in [5, 5.41) is 7.93. The molecule has 1 aliphatic carbocycles. The summed E-state index contributed by atoms with van der Waals surface area (Å²) in [6, 6.07) is 17.1. The number of ether oxygens (including phenoxy) is 1. The molecule has 2 aromatic carbocycles. The standard InChI is InChI=1S/C20H21N3OS/c1-24-16-9-7-15(8-10-16)23-20-22-13-17(25-20)12-21-19-11-6-14-4-2-3-5-18(14)19/h2-5,7-10,13,19,21H,6,11-12H2,1H3,(H,22,23)/t19-/m0/s1. The lowest BCUT2D eigenvalue weighted by atomic mass is 10.1. The van der Waals surface area contributed by atoms with Crippen molar-refractivity contribution in [2.45, 2.75) is 25.4 Å². The molecule has 0 spiro atoms. The summed E-state index contributed by atoms with van der Waals surface area (Å²) in [6.07, 6.45) is 4.29. The van der Waals surface area contributed by atoms with Crippen molar-refractivity contribution in [1.82, 2.24) is 10.3 Å². The van der Waals surface area contributed by atoms with Gasteiger partial charge >= 0.3 is 0 Å². The van der Waals surface area contributed by atoms with Gasteiger partial charge in [-0.3, -0.25) is 0 Å². The smallest absolute Gasteiger partial charge is 0.187 e. The molecule has 1 atom stereocenters. The van der Waals surface area contributed by atoms with E-state index in [9.17, 15) is 0 Å². The second-order valence-electron chi connectivity index (χ2n) is 6.16. The number of methoxy groups -OCH3 is 1. The van der Waals surface area contributed by atoms with Crippen molar-refractivity contribution in [2.24, 2.45) is 0 Å². The van der Waals surface area contributed by atoms with E-state index in [2.05, 4.69) is 39.9 Å². The van der Waals surface area contributed by atoms with Crippen LogP contribution in [-0.2, 0) is 13.0 Å². The first-order valence-corrected chi connectivity index (χ1v) is 9.30. The van der Waals surface area contributed by atoms with Crippen LogP contribution in [0, 0.1) is 0 Å². The molecule has 4 nitrogen and oxygen atoms in total. The van der Waals surface area contributed by atoms with E-state index >= 15 is 0 Å². The zero-order valence-electron chi connectivity index (χ0n) is 14.2. The number of anilines is 2. The molecular formula is C20H21N3OS. The molecule has 128 valence electrons. The van der Waals surface area contributed by atoms with Gasteiger partial charge in [-0.05, 0) is 48.2 Å². The van der Waals surface area contributed by atoms with Gasteiger partial charge in [0.1, 0.15) is 5.75 Å². The molecule has 25 heavy (non-hydrogen) atoms. The molecule has 0 bridgehead atoms. The molecule has 1 heterocycles. The monoisotopic (exact) mass is 351 g/mol. The van der Waals surface area contributed by atoms with Crippen LogP contribution in [0.2, 0.25) is 0 Å². The fourth-order valence-corrected chi connectivity index (χ4v) is 4.02. The van der Waals surface area contributed by atoms with Gasteiger partial charge in [-0.15, -0.1) is 11.3 Å². The lowest BCUT2D eigenvalue weighted by molar-refractivity contribution is 0.415. The second-order valence-corrected chi connectivity index (χ2v) is 7.27. The molecule has 3 aromatic rings. The summed E-state index contributed by atoms with van der Waals surface area (Å²) in [5.74, 6) is 0.853. The first kappa shape index (κ1) is 16.1. The number of nitrogens with zero attached hydrogens (tertiary/aromatic N) is 1. The van der Waals surface area contributed by atoms with Crippen LogP contribution in [0.25, 0.3) is 0 Å². The third kappa shape index (κ3) is 3.67. The zero-order valence-corrected chi connectivity index (χ0v) is 15.0. The molecule has 2 N–H and O–H groups in total. The molecule has 1 aliphatic rings. The van der Waals surface area contributed by atoms with E-state index < -0.39 is 0 Å². The Kier molecular flexibility index (Phi) is 4.68. The number of rotatable bonds is 6. The fourth-order valence-electron chi connectivity index (χ4n) is 3.24. The number of nitrogens with one attached hydrogen (secondary N) is 2. The summed E-state index contributed by atoms with van der Waals surface area (Å²) in [5.41, 5.74) is 3.94. The van der Waals surface area contributed by atoms with Crippen LogP contribution in [0.15, 0.2) is 54.7 Å². The summed E-state index contributed by atoms with van der Waals surface area (Å²) in [7, 11) is 1.67. The third-order valence-electron chi connectivity index (χ3n) is 4.55. The normalized spacial score (nSPS) is 15.8. The van der Waals surface area contributed by atoms with E-state index in [-0.39, 0.29) is 0 Å². The molecule has 4 rings (SSSR count). The van der Waals surface area contributed by atoms with Crippen LogP contribution in [0.3, 0.4) is 0 Å². The van der Waals surface area contributed by atoms with Crippen molar-refractivity contribution < 1.29 is 4.74 Å². The number of hydrogen-bond donors (Lipinski definition) is 2. The molecule has 0 fully saturated rings. The number of aromatic nitrogens is 1. The van der Waals surface area contributed by atoms with E-state index in [1.807, 2.05) is 30.5 Å². The number of fused-ring (bicyclic) bond motifs is 1. The van der Waals surface area contributed by atoms with E-state index in [4.69, 9.17) is 4.74 Å². The van der Waals surface area contributed by atoms with E-state index in [1.54, 1.807) is 18.4 Å². The Balaban J connectivity index is 1.35. The number of aryl methyl sites for hydroxylation is 1. The van der Waals surface area contributed by atoms with Crippen molar-refractivity contribution >= 4 is 22.2 Å². The van der Waals surface area contributed by atoms with E-state index in [0.29, 0.717) is 6.04 Å². The molecule has 0 radical (unpaired) electrons. The van der Waals surface area contributed by atoms with Crippen LogP contribution in [0.1, 0.15) is 28.5 Å². The van der Waals surface area contributed by atoms with Crippen LogP contribution >= 0.6 is 11.3 Å². The van der Waals surface area contributed by atoms with Crippen molar-refractivity contribution in [3.05, 3.63) is 70.7 Å². The maximum Gasteiger partial charge on any atom is 0.187 e. The molecule has 0 amide bonds. The van der Waals surface area contributed by atoms with Crippen LogP contribution in [0.4, 0.5) is 10.8 Å². The quantitative estimate of drug-likeness (QED) is 0.677. The fraction of sp³-hybridized carbons (Fsp3) is 0.250. The maximum absolute atomic E-state index is 5.18. The second kappa shape index (κ2) is 7.25. The van der Waals surface area contributed by atoms with Crippen molar-refractivity contribution in [1.29, 1.82) is 0 Å². The topological polar surface area (TPSA) is 46.2 Å². The Labute approximate surface area is 151 Å². The van der Waals surface area contributed by atoms with Gasteiger partial charge in [0.15, 0.2) is 5.13 Å². The highest BCUT2D eigenvalue weighted by molar-refractivity contribution is 7.15. The SMILES string of the molecule is COc1ccc(Nc2ncc(CN[C@H]3CCc4ccccc43)s2)cc1. The van der Waals surface area contributed by atoms with Crippen LogP contribution in [0.5, 0.6) is 5.75 Å². The predicted molar refractivity (Wildman–Crippen MR) is 103 cm³/mol. The van der Waals surface area contributed by atoms with Gasteiger partial charge in [-0.1, -0.05) is 24.3 Å². The first-order chi connectivity index (χ1) is 12.3. The summed E-state index contributed by atoms with van der Waals surface area (Å²) in [6.45, 7) is 0.848. The number of hydrogen-bond acceptors (Lipinski definition) is 5. The van der Waals surface area contributed by atoms with Crippen LogP contribution < -0.4 is 15.4 Å². The highest BCUT2D eigenvalue weighted by atomic mass is 32.1. The summed E-state index contributed by atoms with van der Waals surface area (Å²) >= 11 is 1.69. The molecule has 1 aromatic heterocycles. The summed E-state index contributed by atoms with van der Waals surface area (Å²) in [4.78, 5) is 5.72. The average Bonchev–Trinajstić information content (AvgIpc) is 3.27. The molecule has 0 saturated carbocycles. The predicted octanol–water partition coefficient (Wildman–Crippen LogP) is 4.67. The van der Waals surface area contributed by atoms with Gasteiger partial charge < -0.3 is 15.4 Å². The van der Waals surface area contributed by atoms with Gasteiger partial charge in [0.05, 0.1) is 7.11 Å². The Hall–Kier alpha value is -2.37. The number of thiazole rings is 1. The van der Waals surface area contributed by atoms with E-state index in [0.717, 1.165) is 23.1 Å². The van der Waals surface area contributed by atoms with Gasteiger partial charge in [-0.25, -0.2) is 4.98 Å². The molecule has 0 unspecified atom stereocenters. The Morgan fingerprint density at radius 1 is 1.16 bits per heavy atom. The lowest BCUT2D eigenvalue weighted by Gasteiger charge is -2.12. The Morgan fingerprint density at radius 2 is 2.00 bits per heavy atom. The van der Waals surface area contributed by atoms with Crippen LogP contribution in [-0.4, -0.2) is 12.1 Å². The minimum absolute atomic E-state index is 0.455. The van der Waals surface area contributed by atoms with Gasteiger partial charge in [-0.2, -0.15) is 0 Å². The number of benzene rings is 2. The third-order valence-corrected chi connectivity index (χ3v) is 5.46. The minimum Gasteiger partial charge on any atom is -0.497 e. The Morgan fingerprint density at radius 3 is 2.84 bits per heavy atom. The van der Waals surface area contributed by atoms with Gasteiger partial charge in [0.25, 0.3) is 0 Å². The molecule has 0 aliphatic heterocycles. The highest BCUT2D eigenvalue weighted by Crippen LogP contribution is 2.31. The highest BCUT2D eigenvalue weighted by Gasteiger charge is 2.21. The van der Waals surface area contributed by atoms with E-state index in [1.165, 1.54) is 28.8 Å². The maximum atomic E-state index is 5.18.